The normalized spacial score (nSPS) is 9.93. The van der Waals surface area contributed by atoms with E-state index >= 15 is 0 Å². The van der Waals surface area contributed by atoms with Gasteiger partial charge in [0.05, 0.1) is 11.8 Å². The molecular formula is C10H10N4O. The first-order chi connectivity index (χ1) is 7.25. The number of aryl methyl sites for hydroxylation is 1. The minimum Gasteiger partial charge on any atom is -0.306 e. The monoisotopic (exact) mass is 202 g/mol. The number of pyridine rings is 1. The molecule has 15 heavy (non-hydrogen) atoms. The predicted octanol–water partition coefficient (Wildman–Crippen LogP) is 1.07. The van der Waals surface area contributed by atoms with Crippen LogP contribution >= 0.6 is 0 Å². The van der Waals surface area contributed by atoms with Crippen LogP contribution in [-0.2, 0) is 7.05 Å². The first kappa shape index (κ1) is 9.39. The summed E-state index contributed by atoms with van der Waals surface area (Å²) in [6.45, 7) is 0. The average Bonchev–Trinajstić information content (AvgIpc) is 2.66. The van der Waals surface area contributed by atoms with Gasteiger partial charge in [0.15, 0.2) is 0 Å². The molecule has 0 aromatic carbocycles. The number of nitrogens with zero attached hydrogens (tertiary/aromatic N) is 3. The number of rotatable bonds is 2. The molecule has 5 nitrogen and oxygen atoms in total. The quantitative estimate of drug-likeness (QED) is 0.792. The standard InChI is InChI=1S/C10H10N4O/c1-14-7-8(6-12-14)10(15)13-9-4-2-3-5-11-9/h2-7H,1H3,(H,11,13,15). The zero-order valence-corrected chi connectivity index (χ0v) is 8.21. The van der Waals surface area contributed by atoms with Crippen molar-refractivity contribution in [3.8, 4) is 0 Å². The van der Waals surface area contributed by atoms with Gasteiger partial charge in [-0.2, -0.15) is 5.10 Å². The topological polar surface area (TPSA) is 59.8 Å². The van der Waals surface area contributed by atoms with Crippen LogP contribution in [-0.4, -0.2) is 20.7 Å². The van der Waals surface area contributed by atoms with Crippen LogP contribution in [0.25, 0.3) is 0 Å². The van der Waals surface area contributed by atoms with Gasteiger partial charge in [-0.3, -0.25) is 9.48 Å². The molecule has 0 aliphatic carbocycles. The molecule has 0 spiro atoms. The van der Waals surface area contributed by atoms with E-state index in [4.69, 9.17) is 0 Å². The molecule has 76 valence electrons. The number of hydrogen-bond acceptors (Lipinski definition) is 3. The molecule has 0 saturated heterocycles. The largest absolute Gasteiger partial charge is 0.306 e. The molecule has 0 bridgehead atoms. The minimum atomic E-state index is -0.207. The van der Waals surface area contributed by atoms with Gasteiger partial charge in [-0.1, -0.05) is 6.07 Å². The Morgan fingerprint density at radius 2 is 2.33 bits per heavy atom. The Labute approximate surface area is 86.8 Å². The third kappa shape index (κ3) is 2.19. The van der Waals surface area contributed by atoms with Crippen LogP contribution in [0.5, 0.6) is 0 Å². The Hall–Kier alpha value is -2.17. The molecule has 0 radical (unpaired) electrons. The highest BCUT2D eigenvalue weighted by Gasteiger charge is 2.07. The molecule has 0 fully saturated rings. The van der Waals surface area contributed by atoms with E-state index in [2.05, 4.69) is 15.4 Å². The maximum atomic E-state index is 11.6. The Kier molecular flexibility index (Phi) is 2.45. The van der Waals surface area contributed by atoms with Crippen LogP contribution in [0.15, 0.2) is 36.8 Å². The number of aromatic nitrogens is 3. The van der Waals surface area contributed by atoms with Crippen LogP contribution in [0.3, 0.4) is 0 Å². The molecular weight excluding hydrogens is 192 g/mol. The summed E-state index contributed by atoms with van der Waals surface area (Å²) in [5, 5.41) is 6.58. The lowest BCUT2D eigenvalue weighted by molar-refractivity contribution is 0.102. The van der Waals surface area contributed by atoms with E-state index in [9.17, 15) is 4.79 Å². The van der Waals surface area contributed by atoms with Crippen LogP contribution in [0.2, 0.25) is 0 Å². The van der Waals surface area contributed by atoms with E-state index in [1.54, 1.807) is 36.3 Å². The minimum absolute atomic E-state index is 0.207. The molecule has 0 atom stereocenters. The molecule has 0 aliphatic rings. The van der Waals surface area contributed by atoms with Crippen molar-refractivity contribution < 1.29 is 4.79 Å². The summed E-state index contributed by atoms with van der Waals surface area (Å²) in [6.07, 6.45) is 4.79. The maximum absolute atomic E-state index is 11.6. The smallest absolute Gasteiger partial charge is 0.260 e. The summed E-state index contributed by atoms with van der Waals surface area (Å²) >= 11 is 0. The fourth-order valence-corrected chi connectivity index (χ4v) is 1.16. The average molecular weight is 202 g/mol. The second kappa shape index (κ2) is 3.91. The number of amides is 1. The maximum Gasteiger partial charge on any atom is 0.260 e. The highest BCUT2D eigenvalue weighted by molar-refractivity contribution is 6.03. The molecule has 2 rings (SSSR count). The third-order valence-corrected chi connectivity index (χ3v) is 1.87. The molecule has 0 unspecified atom stereocenters. The molecule has 2 aromatic rings. The summed E-state index contributed by atoms with van der Waals surface area (Å²) in [7, 11) is 1.76. The van der Waals surface area contributed by atoms with Crippen LogP contribution < -0.4 is 5.32 Å². The van der Waals surface area contributed by atoms with Gasteiger partial charge in [-0.15, -0.1) is 0 Å². The number of nitrogens with one attached hydrogen (secondary N) is 1. The van der Waals surface area contributed by atoms with Crippen molar-refractivity contribution in [1.29, 1.82) is 0 Å². The zero-order chi connectivity index (χ0) is 10.7. The molecule has 1 N–H and O–H groups in total. The van der Waals surface area contributed by atoms with E-state index in [0.717, 1.165) is 0 Å². The highest BCUT2D eigenvalue weighted by Crippen LogP contribution is 2.04. The van der Waals surface area contributed by atoms with Crippen LogP contribution in [0.4, 0.5) is 5.82 Å². The van der Waals surface area contributed by atoms with E-state index in [1.165, 1.54) is 6.20 Å². The lowest BCUT2D eigenvalue weighted by atomic mass is 10.3. The molecule has 0 saturated carbocycles. The lowest BCUT2D eigenvalue weighted by Crippen LogP contribution is -2.11. The SMILES string of the molecule is Cn1cc(C(=O)Nc2ccccn2)cn1. The summed E-state index contributed by atoms with van der Waals surface area (Å²) in [4.78, 5) is 15.6. The first-order valence-electron chi connectivity index (χ1n) is 4.47. The van der Waals surface area contributed by atoms with Gasteiger partial charge in [0, 0.05) is 19.4 Å². The Morgan fingerprint density at radius 1 is 1.47 bits per heavy atom. The third-order valence-electron chi connectivity index (χ3n) is 1.87. The number of anilines is 1. The van der Waals surface area contributed by atoms with Gasteiger partial charge in [0.1, 0.15) is 5.82 Å². The van der Waals surface area contributed by atoms with E-state index < -0.39 is 0 Å². The molecule has 0 aliphatic heterocycles. The first-order valence-corrected chi connectivity index (χ1v) is 4.47. The van der Waals surface area contributed by atoms with Gasteiger partial charge in [0.25, 0.3) is 5.91 Å². The van der Waals surface area contributed by atoms with Gasteiger partial charge in [-0.05, 0) is 12.1 Å². The van der Waals surface area contributed by atoms with Crippen molar-refractivity contribution in [1.82, 2.24) is 14.8 Å². The Balaban J connectivity index is 2.11. The predicted molar refractivity (Wildman–Crippen MR) is 55.4 cm³/mol. The Bertz CT molecular complexity index is 463. The van der Waals surface area contributed by atoms with Gasteiger partial charge >= 0.3 is 0 Å². The van der Waals surface area contributed by atoms with Gasteiger partial charge < -0.3 is 5.32 Å². The summed E-state index contributed by atoms with van der Waals surface area (Å²) < 4.78 is 1.58. The van der Waals surface area contributed by atoms with Crippen LogP contribution in [0, 0.1) is 0 Å². The summed E-state index contributed by atoms with van der Waals surface area (Å²) in [6, 6.07) is 5.33. The van der Waals surface area contributed by atoms with Crippen molar-refractivity contribution >= 4 is 11.7 Å². The summed E-state index contributed by atoms with van der Waals surface area (Å²) in [5.74, 6) is 0.327. The second-order valence-electron chi connectivity index (χ2n) is 3.07. The fourth-order valence-electron chi connectivity index (χ4n) is 1.16. The molecule has 1 amide bonds. The van der Waals surface area contributed by atoms with E-state index in [-0.39, 0.29) is 5.91 Å². The summed E-state index contributed by atoms with van der Waals surface area (Å²) in [5.41, 5.74) is 0.517. The van der Waals surface area contributed by atoms with Gasteiger partial charge in [-0.25, -0.2) is 4.98 Å². The van der Waals surface area contributed by atoms with Gasteiger partial charge in [0.2, 0.25) is 0 Å². The fraction of sp³-hybridized carbons (Fsp3) is 0.100. The number of hydrogen-bond donors (Lipinski definition) is 1. The zero-order valence-electron chi connectivity index (χ0n) is 8.21. The van der Waals surface area contributed by atoms with Crippen molar-refractivity contribution in [2.45, 2.75) is 0 Å². The lowest BCUT2D eigenvalue weighted by Gasteiger charge is -2.00. The molecule has 5 heteroatoms. The van der Waals surface area contributed by atoms with E-state index in [1.807, 2.05) is 6.07 Å². The molecule has 2 aromatic heterocycles. The number of carbonyl (C=O) groups is 1. The second-order valence-corrected chi connectivity index (χ2v) is 3.07. The molecule has 2 heterocycles. The Morgan fingerprint density at radius 3 is 2.93 bits per heavy atom. The van der Waals surface area contributed by atoms with Crippen molar-refractivity contribution in [2.75, 3.05) is 5.32 Å². The van der Waals surface area contributed by atoms with Crippen LogP contribution in [0.1, 0.15) is 10.4 Å². The van der Waals surface area contributed by atoms with Crippen molar-refractivity contribution in [3.63, 3.8) is 0 Å². The highest BCUT2D eigenvalue weighted by atomic mass is 16.1. The number of carbonyl (C=O) groups excluding carboxylic acids is 1. The van der Waals surface area contributed by atoms with E-state index in [0.29, 0.717) is 11.4 Å². The van der Waals surface area contributed by atoms with Crippen molar-refractivity contribution in [2.24, 2.45) is 7.05 Å². The van der Waals surface area contributed by atoms with Crippen molar-refractivity contribution in [3.05, 3.63) is 42.4 Å².